The van der Waals surface area contributed by atoms with Gasteiger partial charge in [0.15, 0.2) is 0 Å². The van der Waals surface area contributed by atoms with E-state index in [-0.39, 0.29) is 18.5 Å². The summed E-state index contributed by atoms with van der Waals surface area (Å²) in [4.78, 5) is 24.5. The summed E-state index contributed by atoms with van der Waals surface area (Å²) in [6.07, 6.45) is 83.4. The molecule has 6 nitrogen and oxygen atoms in total. The van der Waals surface area contributed by atoms with Crippen molar-refractivity contribution < 1.29 is 24.5 Å². The van der Waals surface area contributed by atoms with Crippen LogP contribution in [0.15, 0.2) is 36.5 Å². The zero-order valence-electron chi connectivity index (χ0n) is 51.3. The predicted octanol–water partition coefficient (Wildman–Crippen LogP) is 21.9. The number of unbranched alkanes of at least 4 members (excludes halogenated alkanes) is 47. The molecular weight excluding hydrogens is 935 g/mol. The maximum atomic E-state index is 12.5. The molecule has 0 aliphatic heterocycles. The molecule has 0 saturated heterocycles. The summed E-state index contributed by atoms with van der Waals surface area (Å²) in [5.74, 6) is -0.0275. The minimum Gasteiger partial charge on any atom is -0.466 e. The quantitative estimate of drug-likeness (QED) is 0.0320. The Balaban J connectivity index is 3.35. The largest absolute Gasteiger partial charge is 0.466 e. The molecule has 0 spiro atoms. The second-order valence-corrected chi connectivity index (χ2v) is 23.5. The van der Waals surface area contributed by atoms with Crippen molar-refractivity contribution in [3.63, 3.8) is 0 Å². The molecule has 3 N–H and O–H groups in total. The molecule has 0 aliphatic rings. The van der Waals surface area contributed by atoms with E-state index in [2.05, 4.69) is 55.6 Å². The molecule has 0 radical (unpaired) electrons. The Hall–Kier alpha value is -1.92. The Kier molecular flexibility index (Phi) is 63.9. The summed E-state index contributed by atoms with van der Waals surface area (Å²) in [6, 6.07) is -0.539. The van der Waals surface area contributed by atoms with Crippen molar-refractivity contribution in [1.82, 2.24) is 5.32 Å². The van der Waals surface area contributed by atoms with E-state index in [4.69, 9.17) is 4.74 Å². The summed E-state index contributed by atoms with van der Waals surface area (Å²) in [7, 11) is 0. The number of allylic oxidation sites excluding steroid dienone is 6. The number of hydrogen-bond acceptors (Lipinski definition) is 5. The number of aliphatic hydroxyl groups excluding tert-OH is 2. The minimum absolute atomic E-state index is 0.00293. The topological polar surface area (TPSA) is 95.9 Å². The van der Waals surface area contributed by atoms with E-state index in [0.717, 1.165) is 51.4 Å². The summed E-state index contributed by atoms with van der Waals surface area (Å²) in [5.41, 5.74) is 0. The van der Waals surface area contributed by atoms with Crippen LogP contribution >= 0.6 is 0 Å². The first kappa shape index (κ1) is 74.1. The van der Waals surface area contributed by atoms with Crippen molar-refractivity contribution >= 4 is 11.9 Å². The minimum atomic E-state index is -0.662. The molecule has 0 rings (SSSR count). The molecule has 1 amide bonds. The summed E-state index contributed by atoms with van der Waals surface area (Å²) < 4.78 is 5.47. The molecule has 2 atom stereocenters. The molecule has 0 aromatic heterocycles. The molecule has 2 unspecified atom stereocenters. The Bertz CT molecular complexity index is 1230. The molecule has 76 heavy (non-hydrogen) atoms. The van der Waals surface area contributed by atoms with Gasteiger partial charge in [0, 0.05) is 12.8 Å². The number of esters is 1. The van der Waals surface area contributed by atoms with Gasteiger partial charge in [0.1, 0.15) is 0 Å². The highest BCUT2D eigenvalue weighted by molar-refractivity contribution is 5.76. The van der Waals surface area contributed by atoms with Crippen LogP contribution in [0.25, 0.3) is 0 Å². The number of hydrogen-bond donors (Lipinski definition) is 3. The fourth-order valence-electron chi connectivity index (χ4n) is 10.7. The van der Waals surface area contributed by atoms with Crippen molar-refractivity contribution in [2.45, 2.75) is 386 Å². The van der Waals surface area contributed by atoms with E-state index in [9.17, 15) is 19.8 Å². The first-order valence-corrected chi connectivity index (χ1v) is 34.2. The number of aliphatic hydroxyl groups is 2. The monoisotopic (exact) mass is 1070 g/mol. The van der Waals surface area contributed by atoms with Crippen molar-refractivity contribution in [2.75, 3.05) is 13.2 Å². The molecule has 6 heteroatoms. The number of ether oxygens (including phenoxy) is 1. The lowest BCUT2D eigenvalue weighted by atomic mass is 10.0. The second-order valence-electron chi connectivity index (χ2n) is 23.5. The predicted molar refractivity (Wildman–Crippen MR) is 333 cm³/mol. The van der Waals surface area contributed by atoms with Crippen LogP contribution in [0.4, 0.5) is 0 Å². The third kappa shape index (κ3) is 61.3. The molecule has 0 saturated carbocycles. The highest BCUT2D eigenvalue weighted by atomic mass is 16.5. The van der Waals surface area contributed by atoms with Crippen LogP contribution in [0.1, 0.15) is 373 Å². The number of carbonyl (C=O) groups is 2. The molecule has 0 heterocycles. The van der Waals surface area contributed by atoms with Gasteiger partial charge >= 0.3 is 5.97 Å². The highest BCUT2D eigenvalue weighted by Gasteiger charge is 2.20. The molecule has 0 aromatic rings. The Morgan fingerprint density at radius 2 is 0.684 bits per heavy atom. The van der Waals surface area contributed by atoms with Crippen LogP contribution in [0.5, 0.6) is 0 Å². The average Bonchev–Trinajstić information content (AvgIpc) is 3.42. The van der Waals surface area contributed by atoms with Crippen LogP contribution < -0.4 is 5.32 Å². The molecule has 0 bridgehead atoms. The van der Waals surface area contributed by atoms with Crippen LogP contribution in [-0.4, -0.2) is 47.4 Å². The van der Waals surface area contributed by atoms with Gasteiger partial charge < -0.3 is 20.3 Å². The lowest BCUT2D eigenvalue weighted by Gasteiger charge is -2.22. The van der Waals surface area contributed by atoms with Gasteiger partial charge in [0.2, 0.25) is 5.91 Å². The van der Waals surface area contributed by atoms with E-state index < -0.39 is 12.1 Å². The third-order valence-electron chi connectivity index (χ3n) is 15.9. The smallest absolute Gasteiger partial charge is 0.305 e. The first-order valence-electron chi connectivity index (χ1n) is 34.2. The van der Waals surface area contributed by atoms with Crippen molar-refractivity contribution in [3.05, 3.63) is 36.5 Å². The SMILES string of the molecule is CCC/C=C\C/C=C\CCCCCCCC(=O)OCCCCCCCCCCCCCC/C=C\CCCCCCCCCCCCCCCCCCC(=O)NC(CO)C(O)CCCCCCCCCCCCCCCC. The van der Waals surface area contributed by atoms with Gasteiger partial charge in [-0.3, -0.25) is 9.59 Å². The van der Waals surface area contributed by atoms with Gasteiger partial charge in [-0.25, -0.2) is 0 Å². The molecule has 0 fully saturated rings. The number of nitrogens with one attached hydrogen (secondary N) is 1. The zero-order chi connectivity index (χ0) is 55.0. The van der Waals surface area contributed by atoms with Gasteiger partial charge in [0.25, 0.3) is 0 Å². The first-order chi connectivity index (χ1) is 37.5. The maximum absolute atomic E-state index is 12.5. The normalized spacial score (nSPS) is 12.7. The van der Waals surface area contributed by atoms with Crippen molar-refractivity contribution in [2.24, 2.45) is 0 Å². The highest BCUT2D eigenvalue weighted by Crippen LogP contribution is 2.18. The van der Waals surface area contributed by atoms with Crippen LogP contribution in [0.3, 0.4) is 0 Å². The van der Waals surface area contributed by atoms with Gasteiger partial charge in [-0.1, -0.05) is 320 Å². The van der Waals surface area contributed by atoms with Gasteiger partial charge in [0.05, 0.1) is 25.4 Å². The number of rotatable bonds is 64. The standard InChI is InChI=1S/C70H133NO5/c1-3-5-7-9-11-13-15-17-39-42-46-50-54-58-62-68(73)67(66-72)71-69(74)63-59-55-51-47-43-40-36-34-32-30-28-26-24-22-20-18-19-21-23-25-27-29-31-33-35-37-41-45-49-53-57-61-65-76-70(75)64-60-56-52-48-44-38-16-14-12-10-8-6-4-2/h8,10,14,16,21,23,67-68,72-73H,3-7,9,11-13,15,17-20,22,24-66H2,1-2H3,(H,71,74)/b10-8-,16-14-,23-21-. The summed E-state index contributed by atoms with van der Waals surface area (Å²) in [6.45, 7) is 4.91. The Morgan fingerprint density at radius 1 is 0.368 bits per heavy atom. The zero-order valence-corrected chi connectivity index (χ0v) is 51.3. The number of amides is 1. The van der Waals surface area contributed by atoms with Gasteiger partial charge in [-0.2, -0.15) is 0 Å². The summed E-state index contributed by atoms with van der Waals surface area (Å²) >= 11 is 0. The second kappa shape index (κ2) is 65.6. The Morgan fingerprint density at radius 3 is 1.07 bits per heavy atom. The van der Waals surface area contributed by atoms with Crippen LogP contribution in [0, 0.1) is 0 Å². The fourth-order valence-corrected chi connectivity index (χ4v) is 10.7. The average molecular weight is 1070 g/mol. The van der Waals surface area contributed by atoms with E-state index in [1.54, 1.807) is 0 Å². The fraction of sp³-hybridized carbons (Fsp3) is 0.886. The van der Waals surface area contributed by atoms with Crippen LogP contribution in [0.2, 0.25) is 0 Å². The summed E-state index contributed by atoms with van der Waals surface area (Å²) in [5, 5.41) is 23.3. The number of carbonyl (C=O) groups excluding carboxylic acids is 2. The van der Waals surface area contributed by atoms with Gasteiger partial charge in [-0.05, 0) is 77.0 Å². The van der Waals surface area contributed by atoms with Crippen molar-refractivity contribution in [1.29, 1.82) is 0 Å². The van der Waals surface area contributed by atoms with E-state index in [0.29, 0.717) is 25.9 Å². The third-order valence-corrected chi connectivity index (χ3v) is 15.9. The maximum Gasteiger partial charge on any atom is 0.305 e. The lowest BCUT2D eigenvalue weighted by molar-refractivity contribution is -0.143. The van der Waals surface area contributed by atoms with E-state index >= 15 is 0 Å². The van der Waals surface area contributed by atoms with E-state index in [1.807, 2.05) is 0 Å². The molecular formula is C70H133NO5. The van der Waals surface area contributed by atoms with E-state index in [1.165, 1.54) is 289 Å². The molecule has 448 valence electrons. The lowest BCUT2D eigenvalue weighted by Crippen LogP contribution is -2.45. The van der Waals surface area contributed by atoms with Crippen LogP contribution in [-0.2, 0) is 14.3 Å². The Labute approximate surface area is 474 Å². The molecule has 0 aliphatic carbocycles. The molecule has 0 aromatic carbocycles. The van der Waals surface area contributed by atoms with Crippen molar-refractivity contribution in [3.8, 4) is 0 Å². The van der Waals surface area contributed by atoms with Gasteiger partial charge in [-0.15, -0.1) is 0 Å².